The fraction of sp³-hybridized carbons (Fsp3) is 0.200. The van der Waals surface area contributed by atoms with Crippen molar-refractivity contribution in [3.63, 3.8) is 0 Å². The molecule has 0 spiro atoms. The molecular formula is C15H15ClFNO. The Morgan fingerprint density at radius 2 is 1.95 bits per heavy atom. The van der Waals surface area contributed by atoms with Gasteiger partial charge in [0.1, 0.15) is 5.82 Å². The maximum atomic E-state index is 13.4. The van der Waals surface area contributed by atoms with E-state index in [9.17, 15) is 9.50 Å². The van der Waals surface area contributed by atoms with E-state index >= 15 is 0 Å². The van der Waals surface area contributed by atoms with Gasteiger partial charge < -0.3 is 10.4 Å². The minimum atomic E-state index is -0.861. The summed E-state index contributed by atoms with van der Waals surface area (Å²) in [4.78, 5) is 0. The second-order valence-corrected chi connectivity index (χ2v) is 4.73. The molecule has 0 aromatic heterocycles. The number of hydrogen-bond donors (Lipinski definition) is 2. The van der Waals surface area contributed by atoms with Gasteiger partial charge in [0.25, 0.3) is 0 Å². The van der Waals surface area contributed by atoms with Crippen molar-refractivity contribution >= 4 is 11.6 Å². The molecule has 0 radical (unpaired) electrons. The van der Waals surface area contributed by atoms with Crippen LogP contribution >= 0.6 is 11.6 Å². The molecule has 0 heterocycles. The van der Waals surface area contributed by atoms with Crippen LogP contribution in [-0.4, -0.2) is 11.7 Å². The lowest BCUT2D eigenvalue weighted by atomic mass is 10.1. The second-order valence-electron chi connectivity index (χ2n) is 4.30. The summed E-state index contributed by atoms with van der Waals surface area (Å²) in [7, 11) is 0. The van der Waals surface area contributed by atoms with Crippen molar-refractivity contribution in [1.82, 2.24) is 5.32 Å². The van der Waals surface area contributed by atoms with Crippen LogP contribution in [0.5, 0.6) is 0 Å². The number of aliphatic hydroxyl groups excluding tert-OH is 1. The topological polar surface area (TPSA) is 32.3 Å². The Hall–Kier alpha value is -1.42. The molecule has 0 aliphatic rings. The lowest BCUT2D eigenvalue weighted by Gasteiger charge is -2.13. The molecule has 0 aliphatic carbocycles. The van der Waals surface area contributed by atoms with Crippen molar-refractivity contribution in [2.24, 2.45) is 0 Å². The molecule has 2 aromatic carbocycles. The molecule has 0 saturated carbocycles. The van der Waals surface area contributed by atoms with E-state index in [0.29, 0.717) is 17.1 Å². The summed E-state index contributed by atoms with van der Waals surface area (Å²) in [5.74, 6) is -0.389. The van der Waals surface area contributed by atoms with Crippen LogP contribution in [0.4, 0.5) is 4.39 Å². The Labute approximate surface area is 116 Å². The van der Waals surface area contributed by atoms with Crippen LogP contribution in [0.15, 0.2) is 48.5 Å². The van der Waals surface area contributed by atoms with Crippen LogP contribution in [-0.2, 0) is 6.54 Å². The highest BCUT2D eigenvalue weighted by molar-refractivity contribution is 6.30. The van der Waals surface area contributed by atoms with E-state index in [2.05, 4.69) is 5.32 Å². The van der Waals surface area contributed by atoms with Crippen molar-refractivity contribution in [3.8, 4) is 0 Å². The van der Waals surface area contributed by atoms with Gasteiger partial charge in [-0.1, -0.05) is 41.9 Å². The normalized spacial score (nSPS) is 12.4. The molecule has 100 valence electrons. The average molecular weight is 280 g/mol. The Morgan fingerprint density at radius 3 is 2.68 bits per heavy atom. The summed E-state index contributed by atoms with van der Waals surface area (Å²) in [5, 5.41) is 13.7. The van der Waals surface area contributed by atoms with Crippen molar-refractivity contribution in [1.29, 1.82) is 0 Å². The predicted octanol–water partition coefficient (Wildman–Crippen LogP) is 3.30. The van der Waals surface area contributed by atoms with Crippen LogP contribution in [0.25, 0.3) is 0 Å². The third kappa shape index (κ3) is 4.03. The van der Waals surface area contributed by atoms with Gasteiger partial charge in [-0.3, -0.25) is 0 Å². The third-order valence-electron chi connectivity index (χ3n) is 2.82. The minimum absolute atomic E-state index is 0.285. The zero-order chi connectivity index (χ0) is 13.7. The number of benzene rings is 2. The zero-order valence-corrected chi connectivity index (χ0v) is 11.1. The molecule has 1 atom stereocenters. The van der Waals surface area contributed by atoms with E-state index in [1.54, 1.807) is 24.3 Å². The Kier molecular flexibility index (Phi) is 4.91. The highest BCUT2D eigenvalue weighted by atomic mass is 35.5. The van der Waals surface area contributed by atoms with E-state index < -0.39 is 6.10 Å². The van der Waals surface area contributed by atoms with Crippen molar-refractivity contribution in [2.75, 3.05) is 6.54 Å². The average Bonchev–Trinajstić information content (AvgIpc) is 2.39. The summed E-state index contributed by atoms with van der Waals surface area (Å²) in [6.45, 7) is 0.861. The predicted molar refractivity (Wildman–Crippen MR) is 74.5 cm³/mol. The van der Waals surface area contributed by atoms with Crippen molar-refractivity contribution in [2.45, 2.75) is 12.6 Å². The van der Waals surface area contributed by atoms with Gasteiger partial charge in [-0.25, -0.2) is 4.39 Å². The smallest absolute Gasteiger partial charge is 0.129 e. The molecule has 0 fully saturated rings. The van der Waals surface area contributed by atoms with Crippen LogP contribution in [0.3, 0.4) is 0 Å². The first kappa shape index (κ1) is 14.0. The van der Waals surface area contributed by atoms with Gasteiger partial charge in [0.15, 0.2) is 0 Å². The summed E-state index contributed by atoms with van der Waals surface area (Å²) in [6, 6.07) is 13.7. The number of aliphatic hydroxyl groups is 1. The monoisotopic (exact) mass is 279 g/mol. The van der Waals surface area contributed by atoms with Gasteiger partial charge in [-0.15, -0.1) is 0 Å². The van der Waals surface area contributed by atoms with Gasteiger partial charge in [0.2, 0.25) is 0 Å². The van der Waals surface area contributed by atoms with Gasteiger partial charge in [-0.05, 0) is 23.8 Å². The van der Waals surface area contributed by atoms with Crippen LogP contribution in [0, 0.1) is 5.82 Å². The van der Waals surface area contributed by atoms with Gasteiger partial charge in [-0.2, -0.15) is 0 Å². The molecule has 0 saturated heterocycles. The highest BCUT2D eigenvalue weighted by Gasteiger charge is 2.11. The van der Waals surface area contributed by atoms with E-state index in [4.69, 9.17) is 11.6 Å². The summed E-state index contributed by atoms with van der Waals surface area (Å²) in [5.41, 5.74) is 1.33. The summed E-state index contributed by atoms with van der Waals surface area (Å²) in [6.07, 6.45) is -0.861. The number of nitrogens with one attached hydrogen (secondary N) is 1. The molecule has 1 unspecified atom stereocenters. The molecular weight excluding hydrogens is 265 g/mol. The highest BCUT2D eigenvalue weighted by Crippen LogP contribution is 2.16. The first-order valence-corrected chi connectivity index (χ1v) is 6.42. The molecule has 4 heteroatoms. The van der Waals surface area contributed by atoms with Gasteiger partial charge in [0, 0.05) is 23.7 Å². The number of hydrogen-bond acceptors (Lipinski definition) is 2. The van der Waals surface area contributed by atoms with Gasteiger partial charge in [0.05, 0.1) is 6.10 Å². The maximum Gasteiger partial charge on any atom is 0.129 e. The molecule has 19 heavy (non-hydrogen) atoms. The quantitative estimate of drug-likeness (QED) is 0.880. The van der Waals surface area contributed by atoms with Crippen molar-refractivity contribution < 1.29 is 9.50 Å². The Morgan fingerprint density at radius 1 is 1.16 bits per heavy atom. The summed E-state index contributed by atoms with van der Waals surface area (Å²) < 4.78 is 13.4. The lowest BCUT2D eigenvalue weighted by Crippen LogP contribution is -2.21. The van der Waals surface area contributed by atoms with E-state index in [1.165, 1.54) is 6.07 Å². The lowest BCUT2D eigenvalue weighted by molar-refractivity contribution is 0.169. The molecule has 2 N–H and O–H groups in total. The third-order valence-corrected chi connectivity index (χ3v) is 3.06. The second kappa shape index (κ2) is 6.66. The van der Waals surface area contributed by atoms with E-state index in [-0.39, 0.29) is 12.4 Å². The van der Waals surface area contributed by atoms with E-state index in [1.807, 2.05) is 18.2 Å². The molecule has 0 amide bonds. The molecule has 2 rings (SSSR count). The first-order valence-electron chi connectivity index (χ1n) is 6.04. The van der Waals surface area contributed by atoms with Crippen LogP contribution in [0.2, 0.25) is 5.02 Å². The number of halogens is 2. The zero-order valence-electron chi connectivity index (χ0n) is 10.3. The SMILES string of the molecule is OC(CNCc1cccc(Cl)c1)c1ccccc1F. The van der Waals surface area contributed by atoms with Gasteiger partial charge >= 0.3 is 0 Å². The Balaban J connectivity index is 1.88. The fourth-order valence-corrected chi connectivity index (χ4v) is 2.07. The summed E-state index contributed by atoms with van der Waals surface area (Å²) >= 11 is 5.88. The van der Waals surface area contributed by atoms with Crippen LogP contribution < -0.4 is 5.32 Å². The molecule has 2 aromatic rings. The largest absolute Gasteiger partial charge is 0.387 e. The first-order chi connectivity index (χ1) is 9.16. The maximum absolute atomic E-state index is 13.4. The molecule has 2 nitrogen and oxygen atoms in total. The molecule has 0 bridgehead atoms. The van der Waals surface area contributed by atoms with Crippen molar-refractivity contribution in [3.05, 3.63) is 70.5 Å². The standard InChI is InChI=1S/C15H15ClFNO/c16-12-5-3-4-11(8-12)9-18-10-15(19)13-6-1-2-7-14(13)17/h1-8,15,18-19H,9-10H2. The fourth-order valence-electron chi connectivity index (χ4n) is 1.86. The van der Waals surface area contributed by atoms with E-state index in [0.717, 1.165) is 5.56 Å². The Bertz CT molecular complexity index is 547. The minimum Gasteiger partial charge on any atom is -0.387 e. The van der Waals surface area contributed by atoms with Crippen LogP contribution in [0.1, 0.15) is 17.2 Å². The number of rotatable bonds is 5. The molecule has 0 aliphatic heterocycles.